The summed E-state index contributed by atoms with van der Waals surface area (Å²) in [6.07, 6.45) is 4.95. The largest absolute Gasteiger partial charge is 0.497 e. The number of methoxy groups -OCH3 is 1. The monoisotopic (exact) mass is 418 g/mol. The predicted octanol–water partition coefficient (Wildman–Crippen LogP) is 4.14. The van der Waals surface area contributed by atoms with Crippen LogP contribution in [0.3, 0.4) is 0 Å². The Hall–Kier alpha value is -3.14. The first-order valence-electron chi connectivity index (χ1n) is 9.16. The van der Waals surface area contributed by atoms with Gasteiger partial charge in [0, 0.05) is 23.5 Å². The average Bonchev–Trinajstić information content (AvgIpc) is 2.73. The van der Waals surface area contributed by atoms with Gasteiger partial charge in [-0.2, -0.15) is 5.10 Å². The lowest BCUT2D eigenvalue weighted by Gasteiger charge is -2.15. The molecule has 0 radical (unpaired) electrons. The molecular weight excluding hydrogens is 396 g/mol. The van der Waals surface area contributed by atoms with Crippen LogP contribution in [0, 0.1) is 10.1 Å². The van der Waals surface area contributed by atoms with Gasteiger partial charge in [0.25, 0.3) is 15.7 Å². The van der Waals surface area contributed by atoms with Crippen LogP contribution in [0.5, 0.6) is 5.75 Å². The van der Waals surface area contributed by atoms with E-state index in [-0.39, 0.29) is 16.3 Å². The van der Waals surface area contributed by atoms with E-state index in [0.29, 0.717) is 11.4 Å². The van der Waals surface area contributed by atoms with Gasteiger partial charge >= 0.3 is 0 Å². The Morgan fingerprint density at radius 1 is 1.07 bits per heavy atom. The van der Waals surface area contributed by atoms with Crippen molar-refractivity contribution in [2.75, 3.05) is 17.3 Å². The molecule has 0 unspecified atom stereocenters. The Bertz CT molecular complexity index is 1010. The van der Waals surface area contributed by atoms with Gasteiger partial charge in [-0.25, -0.2) is 8.42 Å². The highest BCUT2D eigenvalue weighted by Gasteiger charge is 2.23. The van der Waals surface area contributed by atoms with E-state index in [1.54, 1.807) is 24.3 Å². The lowest BCUT2D eigenvalue weighted by atomic mass is 9.99. The van der Waals surface area contributed by atoms with Gasteiger partial charge in [0.2, 0.25) is 0 Å². The van der Waals surface area contributed by atoms with Gasteiger partial charge < -0.3 is 4.74 Å². The molecule has 3 rings (SSSR count). The summed E-state index contributed by atoms with van der Waals surface area (Å²) in [5.74, 6) is 0.578. The zero-order valence-electron chi connectivity index (χ0n) is 15.9. The number of nitro groups is 1. The van der Waals surface area contributed by atoms with Gasteiger partial charge in [0.1, 0.15) is 10.6 Å². The molecule has 1 saturated carbocycles. The number of anilines is 2. The number of hydrazone groups is 1. The third-order valence-corrected chi connectivity index (χ3v) is 5.99. The minimum absolute atomic E-state index is 0.176. The van der Waals surface area contributed by atoms with Crippen LogP contribution in [0.25, 0.3) is 0 Å². The molecule has 0 aromatic heterocycles. The molecule has 0 amide bonds. The molecule has 2 aromatic carbocycles. The van der Waals surface area contributed by atoms with E-state index < -0.39 is 14.9 Å². The van der Waals surface area contributed by atoms with Crippen LogP contribution in [0.15, 0.2) is 52.5 Å². The molecule has 9 nitrogen and oxygen atoms in total. The lowest BCUT2D eigenvalue weighted by Crippen LogP contribution is -2.15. The normalized spacial score (nSPS) is 14.2. The van der Waals surface area contributed by atoms with Crippen molar-refractivity contribution in [2.45, 2.75) is 37.0 Å². The van der Waals surface area contributed by atoms with Gasteiger partial charge in [-0.05, 0) is 56.0 Å². The van der Waals surface area contributed by atoms with Crippen molar-refractivity contribution in [3.05, 3.63) is 52.6 Å². The van der Waals surface area contributed by atoms with Crippen molar-refractivity contribution in [3.8, 4) is 5.75 Å². The maximum absolute atomic E-state index is 12.9. The molecule has 0 heterocycles. The summed E-state index contributed by atoms with van der Waals surface area (Å²) in [6.45, 7) is 0. The van der Waals surface area contributed by atoms with Crippen molar-refractivity contribution in [1.29, 1.82) is 0 Å². The fraction of sp³-hybridized carbons (Fsp3) is 0.316. The molecule has 0 bridgehead atoms. The Morgan fingerprint density at radius 2 is 1.76 bits per heavy atom. The van der Waals surface area contributed by atoms with Crippen molar-refractivity contribution in [1.82, 2.24) is 0 Å². The summed E-state index contributed by atoms with van der Waals surface area (Å²) >= 11 is 0. The number of hydrogen-bond acceptors (Lipinski definition) is 7. The van der Waals surface area contributed by atoms with Crippen LogP contribution < -0.4 is 14.9 Å². The average molecular weight is 418 g/mol. The maximum Gasteiger partial charge on any atom is 0.270 e. The molecule has 1 aliphatic carbocycles. The molecule has 1 fully saturated rings. The van der Waals surface area contributed by atoms with E-state index in [1.165, 1.54) is 19.2 Å². The molecular formula is C19H22N4O5S. The van der Waals surface area contributed by atoms with Gasteiger partial charge in [-0.1, -0.05) is 6.42 Å². The third-order valence-electron chi connectivity index (χ3n) is 4.57. The Balaban J connectivity index is 1.92. The molecule has 1 aliphatic rings. The van der Waals surface area contributed by atoms with E-state index in [1.807, 2.05) is 0 Å². The van der Waals surface area contributed by atoms with Crippen molar-refractivity contribution < 1.29 is 18.1 Å². The summed E-state index contributed by atoms with van der Waals surface area (Å²) in [5, 5.41) is 15.5. The van der Waals surface area contributed by atoms with Crippen molar-refractivity contribution in [2.24, 2.45) is 5.10 Å². The zero-order chi connectivity index (χ0) is 20.9. The standard InChI is InChI=1S/C19H22N4O5S/c1-28-17-10-7-15(8-11-17)22-29(26,27)19-13-16(23(24)25)9-12-18(19)21-20-14-5-3-2-4-6-14/h7-13,21-22H,2-6H2,1H3. The molecule has 0 spiro atoms. The highest BCUT2D eigenvalue weighted by molar-refractivity contribution is 7.92. The van der Waals surface area contributed by atoms with Gasteiger partial charge in [-0.15, -0.1) is 0 Å². The van der Waals surface area contributed by atoms with E-state index in [0.717, 1.165) is 43.9 Å². The number of nitro benzene ring substituents is 1. The fourth-order valence-corrected chi connectivity index (χ4v) is 4.25. The minimum Gasteiger partial charge on any atom is -0.497 e. The predicted molar refractivity (Wildman–Crippen MR) is 111 cm³/mol. The highest BCUT2D eigenvalue weighted by atomic mass is 32.2. The smallest absolute Gasteiger partial charge is 0.270 e. The number of ether oxygens (including phenoxy) is 1. The summed E-state index contributed by atoms with van der Waals surface area (Å²) in [6, 6.07) is 9.93. The molecule has 0 saturated heterocycles. The second-order valence-corrected chi connectivity index (χ2v) is 8.27. The van der Waals surface area contributed by atoms with E-state index in [9.17, 15) is 18.5 Å². The van der Waals surface area contributed by atoms with Crippen LogP contribution in [0.1, 0.15) is 32.1 Å². The number of hydrogen-bond donors (Lipinski definition) is 2. The first kappa shape index (κ1) is 20.6. The topological polar surface area (TPSA) is 123 Å². The summed E-state index contributed by atoms with van der Waals surface area (Å²) in [4.78, 5) is 10.3. The van der Waals surface area contributed by atoms with Crippen LogP contribution in [0.4, 0.5) is 17.1 Å². The van der Waals surface area contributed by atoms with Crippen molar-refractivity contribution in [3.63, 3.8) is 0 Å². The maximum atomic E-state index is 12.9. The Kier molecular flexibility index (Phi) is 6.32. The van der Waals surface area contributed by atoms with Gasteiger partial charge in [0.15, 0.2) is 0 Å². The van der Waals surface area contributed by atoms with E-state index >= 15 is 0 Å². The number of non-ortho nitro benzene ring substituents is 1. The Labute approximate surface area is 169 Å². The summed E-state index contributed by atoms with van der Waals surface area (Å²) < 4.78 is 33.4. The number of nitrogens with one attached hydrogen (secondary N) is 2. The highest BCUT2D eigenvalue weighted by Crippen LogP contribution is 2.29. The van der Waals surface area contributed by atoms with Crippen LogP contribution in [-0.4, -0.2) is 26.2 Å². The summed E-state index contributed by atoms with van der Waals surface area (Å²) in [5.41, 5.74) is 3.90. The van der Waals surface area contributed by atoms with Crippen LogP contribution in [-0.2, 0) is 10.0 Å². The second-order valence-electron chi connectivity index (χ2n) is 6.62. The number of benzene rings is 2. The molecule has 0 atom stereocenters. The molecule has 10 heteroatoms. The molecule has 29 heavy (non-hydrogen) atoms. The number of rotatable bonds is 7. The molecule has 154 valence electrons. The third kappa shape index (κ3) is 5.23. The lowest BCUT2D eigenvalue weighted by molar-refractivity contribution is -0.385. The number of sulfonamides is 1. The SMILES string of the molecule is COc1ccc(NS(=O)(=O)c2cc([N+](=O)[O-])ccc2NN=C2CCCCC2)cc1. The zero-order valence-corrected chi connectivity index (χ0v) is 16.7. The minimum atomic E-state index is -4.10. The van der Waals surface area contributed by atoms with Crippen molar-refractivity contribution >= 4 is 32.8 Å². The van der Waals surface area contributed by atoms with E-state index in [2.05, 4.69) is 15.2 Å². The number of nitrogens with zero attached hydrogens (tertiary/aromatic N) is 2. The second kappa shape index (κ2) is 8.91. The summed E-state index contributed by atoms with van der Waals surface area (Å²) in [7, 11) is -2.59. The quantitative estimate of drug-likeness (QED) is 0.515. The molecule has 2 N–H and O–H groups in total. The molecule has 0 aliphatic heterocycles. The Morgan fingerprint density at radius 3 is 2.38 bits per heavy atom. The van der Waals surface area contributed by atoms with E-state index in [4.69, 9.17) is 4.74 Å². The van der Waals surface area contributed by atoms with Gasteiger partial charge in [0.05, 0.1) is 17.7 Å². The van der Waals surface area contributed by atoms with Gasteiger partial charge in [-0.3, -0.25) is 20.3 Å². The molecule has 2 aromatic rings. The first-order chi connectivity index (χ1) is 13.9. The fourth-order valence-electron chi connectivity index (χ4n) is 3.02. The first-order valence-corrected chi connectivity index (χ1v) is 10.6. The van der Waals surface area contributed by atoms with Crippen LogP contribution >= 0.6 is 0 Å². The van der Waals surface area contributed by atoms with Crippen LogP contribution in [0.2, 0.25) is 0 Å².